The molecule has 0 saturated carbocycles. The SMILES string of the molecule is CNc1ncc(C)c(Nc2cccc3cnccc23)n1. The van der Waals surface area contributed by atoms with Gasteiger partial charge in [0.2, 0.25) is 5.95 Å². The minimum atomic E-state index is 0.597. The molecule has 0 unspecified atom stereocenters. The van der Waals surface area contributed by atoms with E-state index in [4.69, 9.17) is 0 Å². The van der Waals surface area contributed by atoms with Crippen LogP contribution in [-0.2, 0) is 0 Å². The zero-order chi connectivity index (χ0) is 13.9. The molecule has 0 aliphatic rings. The summed E-state index contributed by atoms with van der Waals surface area (Å²) >= 11 is 0. The van der Waals surface area contributed by atoms with Crippen LogP contribution in [0.4, 0.5) is 17.5 Å². The lowest BCUT2D eigenvalue weighted by Crippen LogP contribution is -2.02. The normalized spacial score (nSPS) is 10.5. The third kappa shape index (κ3) is 2.25. The molecule has 0 atom stereocenters. The first-order valence-electron chi connectivity index (χ1n) is 6.39. The second-order valence-corrected chi connectivity index (χ2v) is 4.50. The third-order valence-corrected chi connectivity index (χ3v) is 3.13. The van der Waals surface area contributed by atoms with Crippen LogP contribution < -0.4 is 10.6 Å². The molecular weight excluding hydrogens is 250 g/mol. The molecule has 100 valence electrons. The van der Waals surface area contributed by atoms with E-state index in [0.29, 0.717) is 5.95 Å². The predicted molar refractivity (Wildman–Crippen MR) is 81.3 cm³/mol. The van der Waals surface area contributed by atoms with Crippen LogP contribution in [0, 0.1) is 6.92 Å². The molecule has 0 radical (unpaired) electrons. The molecule has 1 aromatic carbocycles. The van der Waals surface area contributed by atoms with Gasteiger partial charge in [-0.15, -0.1) is 0 Å². The lowest BCUT2D eigenvalue weighted by atomic mass is 10.1. The molecule has 0 bridgehead atoms. The number of benzene rings is 1. The number of fused-ring (bicyclic) bond motifs is 1. The van der Waals surface area contributed by atoms with Crippen LogP contribution in [0.25, 0.3) is 10.8 Å². The van der Waals surface area contributed by atoms with E-state index >= 15 is 0 Å². The molecule has 5 nitrogen and oxygen atoms in total. The summed E-state index contributed by atoms with van der Waals surface area (Å²) in [5.74, 6) is 1.40. The van der Waals surface area contributed by atoms with Gasteiger partial charge in [-0.3, -0.25) is 4.98 Å². The van der Waals surface area contributed by atoms with Crippen LogP contribution in [0.2, 0.25) is 0 Å². The van der Waals surface area contributed by atoms with Crippen molar-refractivity contribution in [2.75, 3.05) is 17.7 Å². The van der Waals surface area contributed by atoms with Gasteiger partial charge in [0.05, 0.1) is 0 Å². The number of rotatable bonds is 3. The van der Waals surface area contributed by atoms with Crippen molar-refractivity contribution in [2.45, 2.75) is 6.92 Å². The second kappa shape index (κ2) is 5.13. The van der Waals surface area contributed by atoms with Gasteiger partial charge in [0.1, 0.15) is 5.82 Å². The van der Waals surface area contributed by atoms with Crippen molar-refractivity contribution >= 4 is 28.2 Å². The number of aromatic nitrogens is 3. The van der Waals surface area contributed by atoms with Gasteiger partial charge in [-0.25, -0.2) is 4.98 Å². The quantitative estimate of drug-likeness (QED) is 0.761. The van der Waals surface area contributed by atoms with Gasteiger partial charge in [-0.1, -0.05) is 12.1 Å². The summed E-state index contributed by atoms with van der Waals surface area (Å²) < 4.78 is 0. The van der Waals surface area contributed by atoms with E-state index in [1.165, 1.54) is 0 Å². The fourth-order valence-corrected chi connectivity index (χ4v) is 2.05. The molecule has 2 heterocycles. The van der Waals surface area contributed by atoms with Crippen LogP contribution >= 0.6 is 0 Å². The van der Waals surface area contributed by atoms with Gasteiger partial charge in [0, 0.05) is 47.7 Å². The van der Waals surface area contributed by atoms with Crippen LogP contribution in [0.3, 0.4) is 0 Å². The topological polar surface area (TPSA) is 62.7 Å². The maximum Gasteiger partial charge on any atom is 0.224 e. The minimum absolute atomic E-state index is 0.597. The highest BCUT2D eigenvalue weighted by molar-refractivity contribution is 5.94. The first-order chi connectivity index (χ1) is 9.78. The molecule has 20 heavy (non-hydrogen) atoms. The van der Waals surface area contributed by atoms with Crippen molar-refractivity contribution in [3.8, 4) is 0 Å². The van der Waals surface area contributed by atoms with Crippen LogP contribution in [0.5, 0.6) is 0 Å². The number of aryl methyl sites for hydroxylation is 1. The molecule has 2 N–H and O–H groups in total. The standard InChI is InChI=1S/C15H15N5/c1-10-8-18-15(16-2)20-14(10)19-13-5-3-4-11-9-17-7-6-12(11)13/h3-9H,1-2H3,(H2,16,18,19,20). The van der Waals surface area contributed by atoms with Crippen LogP contribution in [0.1, 0.15) is 5.56 Å². The number of anilines is 3. The zero-order valence-corrected chi connectivity index (χ0v) is 11.4. The molecule has 0 aliphatic carbocycles. The average Bonchev–Trinajstić information content (AvgIpc) is 2.50. The fourth-order valence-electron chi connectivity index (χ4n) is 2.05. The van der Waals surface area contributed by atoms with Crippen LogP contribution in [-0.4, -0.2) is 22.0 Å². The van der Waals surface area contributed by atoms with Gasteiger partial charge in [0.25, 0.3) is 0 Å². The number of nitrogens with one attached hydrogen (secondary N) is 2. The number of pyridine rings is 1. The van der Waals surface area contributed by atoms with Gasteiger partial charge >= 0.3 is 0 Å². The predicted octanol–water partition coefficient (Wildman–Crippen LogP) is 3.12. The molecule has 5 heteroatoms. The molecule has 3 rings (SSSR count). The van der Waals surface area contributed by atoms with Crippen molar-refractivity contribution in [3.05, 3.63) is 48.4 Å². The van der Waals surface area contributed by atoms with Crippen molar-refractivity contribution in [1.82, 2.24) is 15.0 Å². The summed E-state index contributed by atoms with van der Waals surface area (Å²) in [4.78, 5) is 12.8. The summed E-state index contributed by atoms with van der Waals surface area (Å²) in [6.07, 6.45) is 5.44. The monoisotopic (exact) mass is 265 g/mol. The Hall–Kier alpha value is -2.69. The highest BCUT2D eigenvalue weighted by atomic mass is 15.1. The molecule has 2 aromatic heterocycles. The highest BCUT2D eigenvalue weighted by Gasteiger charge is 2.06. The first-order valence-corrected chi connectivity index (χ1v) is 6.39. The lowest BCUT2D eigenvalue weighted by Gasteiger charge is -2.11. The largest absolute Gasteiger partial charge is 0.357 e. The second-order valence-electron chi connectivity index (χ2n) is 4.50. The van der Waals surface area contributed by atoms with E-state index in [-0.39, 0.29) is 0 Å². The summed E-state index contributed by atoms with van der Waals surface area (Å²) in [6.45, 7) is 1.98. The van der Waals surface area contributed by atoms with Gasteiger partial charge in [-0.05, 0) is 19.1 Å². The average molecular weight is 265 g/mol. The highest BCUT2D eigenvalue weighted by Crippen LogP contribution is 2.26. The third-order valence-electron chi connectivity index (χ3n) is 3.13. The molecule has 0 amide bonds. The Kier molecular flexibility index (Phi) is 3.16. The lowest BCUT2D eigenvalue weighted by molar-refractivity contribution is 1.12. The summed E-state index contributed by atoms with van der Waals surface area (Å²) in [5.41, 5.74) is 2.00. The Morgan fingerprint density at radius 1 is 1.10 bits per heavy atom. The Labute approximate surface area is 117 Å². The van der Waals surface area contributed by atoms with E-state index in [9.17, 15) is 0 Å². The zero-order valence-electron chi connectivity index (χ0n) is 11.4. The summed E-state index contributed by atoms with van der Waals surface area (Å²) in [5, 5.41) is 8.53. The minimum Gasteiger partial charge on any atom is -0.357 e. The van der Waals surface area contributed by atoms with E-state index in [1.54, 1.807) is 19.4 Å². The maximum atomic E-state index is 4.44. The van der Waals surface area contributed by atoms with Gasteiger partial charge in [-0.2, -0.15) is 4.98 Å². The smallest absolute Gasteiger partial charge is 0.224 e. The molecule has 0 aliphatic heterocycles. The summed E-state index contributed by atoms with van der Waals surface area (Å²) in [6, 6.07) is 8.07. The van der Waals surface area contributed by atoms with E-state index in [0.717, 1.165) is 27.8 Å². The van der Waals surface area contributed by atoms with Gasteiger partial charge < -0.3 is 10.6 Å². The number of hydrogen-bond donors (Lipinski definition) is 2. The number of hydrogen-bond acceptors (Lipinski definition) is 5. The molecule has 3 aromatic rings. The Morgan fingerprint density at radius 2 is 2.00 bits per heavy atom. The maximum absolute atomic E-state index is 4.44. The molecule has 0 saturated heterocycles. The Morgan fingerprint density at radius 3 is 2.85 bits per heavy atom. The molecule has 0 fully saturated rings. The number of nitrogens with zero attached hydrogens (tertiary/aromatic N) is 3. The van der Waals surface area contributed by atoms with E-state index in [1.807, 2.05) is 37.4 Å². The van der Waals surface area contributed by atoms with Crippen LogP contribution in [0.15, 0.2) is 42.9 Å². The van der Waals surface area contributed by atoms with Crippen molar-refractivity contribution in [1.29, 1.82) is 0 Å². The van der Waals surface area contributed by atoms with E-state index in [2.05, 4.69) is 25.6 Å². The molecular formula is C15H15N5. The van der Waals surface area contributed by atoms with E-state index < -0.39 is 0 Å². The fraction of sp³-hybridized carbons (Fsp3) is 0.133. The van der Waals surface area contributed by atoms with Crippen molar-refractivity contribution in [2.24, 2.45) is 0 Å². The van der Waals surface area contributed by atoms with Gasteiger partial charge in [0.15, 0.2) is 0 Å². The molecule has 0 spiro atoms. The first kappa shape index (κ1) is 12.3. The Bertz CT molecular complexity index is 749. The summed E-state index contributed by atoms with van der Waals surface area (Å²) in [7, 11) is 1.80. The van der Waals surface area contributed by atoms with Crippen molar-refractivity contribution < 1.29 is 0 Å². The Balaban J connectivity index is 2.05. The van der Waals surface area contributed by atoms with Crippen molar-refractivity contribution in [3.63, 3.8) is 0 Å².